The van der Waals surface area contributed by atoms with Crippen LogP contribution in [0, 0.1) is 5.92 Å². The molecule has 1 saturated heterocycles. The van der Waals surface area contributed by atoms with E-state index >= 15 is 0 Å². The van der Waals surface area contributed by atoms with Gasteiger partial charge in [0, 0.05) is 25.6 Å². The molecule has 0 saturated carbocycles. The van der Waals surface area contributed by atoms with Gasteiger partial charge in [-0.25, -0.2) is 0 Å². The summed E-state index contributed by atoms with van der Waals surface area (Å²) < 4.78 is 36.1. The third-order valence-electron chi connectivity index (χ3n) is 2.27. The lowest BCUT2D eigenvalue weighted by atomic mass is 9.99. The molecule has 5 heteroatoms. The summed E-state index contributed by atoms with van der Waals surface area (Å²) in [5, 5.41) is 8.58. The van der Waals surface area contributed by atoms with Crippen LogP contribution in [0.25, 0.3) is 0 Å². The van der Waals surface area contributed by atoms with E-state index in [1.54, 1.807) is 0 Å². The van der Waals surface area contributed by atoms with Crippen molar-refractivity contribution in [1.82, 2.24) is 4.90 Å². The highest BCUT2D eigenvalue weighted by Crippen LogP contribution is 2.29. The number of likely N-dealkylation sites (tertiary alicyclic amines) is 1. The Bertz CT molecular complexity index is 153. The fourth-order valence-corrected chi connectivity index (χ4v) is 1.25. The normalized spacial score (nSPS) is 23.8. The number of hydrogen-bond donors (Lipinski definition) is 1. The molecule has 0 aromatic heterocycles. The van der Waals surface area contributed by atoms with Gasteiger partial charge in [0.25, 0.3) is 0 Å². The summed E-state index contributed by atoms with van der Waals surface area (Å²) in [4.78, 5) is 1.32. The molecule has 1 fully saturated rings. The van der Waals surface area contributed by atoms with Gasteiger partial charge in [-0.05, 0) is 6.92 Å². The Morgan fingerprint density at radius 2 is 2.00 bits per heavy atom. The van der Waals surface area contributed by atoms with E-state index in [2.05, 4.69) is 0 Å². The van der Waals surface area contributed by atoms with Crippen molar-refractivity contribution < 1.29 is 18.3 Å². The van der Waals surface area contributed by atoms with Crippen LogP contribution in [0.1, 0.15) is 6.92 Å². The molecule has 0 spiro atoms. The largest absolute Gasteiger partial charge is 0.403 e. The van der Waals surface area contributed by atoms with Crippen molar-refractivity contribution >= 4 is 0 Å². The van der Waals surface area contributed by atoms with Crippen LogP contribution in [0.15, 0.2) is 0 Å². The molecule has 1 heterocycles. The molecule has 0 aliphatic carbocycles. The van der Waals surface area contributed by atoms with Crippen LogP contribution >= 0.6 is 0 Å². The summed E-state index contributed by atoms with van der Waals surface area (Å²) in [5.41, 5.74) is 0. The van der Waals surface area contributed by atoms with Crippen LogP contribution in [0.3, 0.4) is 0 Å². The van der Waals surface area contributed by atoms with E-state index in [0.29, 0.717) is 13.1 Å². The Morgan fingerprint density at radius 1 is 1.50 bits per heavy atom. The minimum Gasteiger partial charge on any atom is -0.396 e. The Labute approximate surface area is 69.0 Å². The second kappa shape index (κ2) is 3.22. The lowest BCUT2D eigenvalue weighted by molar-refractivity contribution is -0.195. The smallest absolute Gasteiger partial charge is 0.396 e. The van der Waals surface area contributed by atoms with E-state index in [9.17, 15) is 13.2 Å². The number of hydrogen-bond acceptors (Lipinski definition) is 2. The Morgan fingerprint density at radius 3 is 2.33 bits per heavy atom. The molecule has 0 amide bonds. The number of nitrogens with zero attached hydrogens (tertiary/aromatic N) is 1. The SMILES string of the molecule is C[C@H](N1CC(CO)C1)C(F)(F)F. The number of alkyl halides is 3. The summed E-state index contributed by atoms with van der Waals surface area (Å²) in [5.74, 6) is 0.0369. The molecule has 72 valence electrons. The molecule has 0 aromatic rings. The van der Waals surface area contributed by atoms with Crippen molar-refractivity contribution in [2.75, 3.05) is 19.7 Å². The average molecular weight is 183 g/mol. The summed E-state index contributed by atoms with van der Waals surface area (Å²) >= 11 is 0. The second-order valence-electron chi connectivity index (χ2n) is 3.22. The molecule has 0 radical (unpaired) electrons. The van der Waals surface area contributed by atoms with Crippen molar-refractivity contribution in [2.45, 2.75) is 19.1 Å². The topological polar surface area (TPSA) is 23.5 Å². The van der Waals surface area contributed by atoms with E-state index in [1.165, 1.54) is 4.90 Å². The zero-order chi connectivity index (χ0) is 9.35. The number of halogens is 3. The van der Waals surface area contributed by atoms with Crippen LogP contribution in [-0.4, -0.2) is 41.9 Å². The van der Waals surface area contributed by atoms with Gasteiger partial charge in [0.1, 0.15) is 6.04 Å². The molecule has 1 rings (SSSR count). The summed E-state index contributed by atoms with van der Waals surface area (Å²) in [6.45, 7) is 1.85. The highest BCUT2D eigenvalue weighted by atomic mass is 19.4. The standard InChI is InChI=1S/C7H12F3NO/c1-5(7(8,9)10)11-2-6(3-11)4-12/h5-6,12H,2-4H2,1H3/t5-/m0/s1. The van der Waals surface area contributed by atoms with Crippen molar-refractivity contribution in [1.29, 1.82) is 0 Å². The molecule has 12 heavy (non-hydrogen) atoms. The number of aliphatic hydroxyl groups is 1. The molecule has 0 aromatic carbocycles. The predicted molar refractivity (Wildman–Crippen MR) is 37.7 cm³/mol. The van der Waals surface area contributed by atoms with Crippen LogP contribution in [0.2, 0.25) is 0 Å². The zero-order valence-corrected chi connectivity index (χ0v) is 6.80. The Balaban J connectivity index is 2.33. The molecule has 1 aliphatic rings. The van der Waals surface area contributed by atoms with E-state index in [1.807, 2.05) is 0 Å². The van der Waals surface area contributed by atoms with Gasteiger partial charge < -0.3 is 5.11 Å². The van der Waals surface area contributed by atoms with E-state index in [-0.39, 0.29) is 12.5 Å². The van der Waals surface area contributed by atoms with Crippen LogP contribution in [-0.2, 0) is 0 Å². The van der Waals surface area contributed by atoms with Gasteiger partial charge in [-0.1, -0.05) is 0 Å². The first-order chi connectivity index (χ1) is 5.45. The molecule has 2 nitrogen and oxygen atoms in total. The highest BCUT2D eigenvalue weighted by molar-refractivity contribution is 4.86. The molecule has 1 N–H and O–H groups in total. The van der Waals surface area contributed by atoms with Gasteiger partial charge in [-0.2, -0.15) is 13.2 Å². The molecule has 0 unspecified atom stereocenters. The van der Waals surface area contributed by atoms with Gasteiger partial charge in [0.2, 0.25) is 0 Å². The molecular weight excluding hydrogens is 171 g/mol. The van der Waals surface area contributed by atoms with Crippen LogP contribution in [0.4, 0.5) is 13.2 Å². The quantitative estimate of drug-likeness (QED) is 0.686. The average Bonchev–Trinajstić information content (AvgIpc) is 1.83. The first-order valence-electron chi connectivity index (χ1n) is 3.86. The minimum absolute atomic E-state index is 0.0128. The summed E-state index contributed by atoms with van der Waals surface area (Å²) in [6.07, 6.45) is -4.14. The van der Waals surface area contributed by atoms with Crippen molar-refractivity contribution in [3.8, 4) is 0 Å². The number of aliphatic hydroxyl groups excluding tert-OH is 1. The summed E-state index contributed by atoms with van der Waals surface area (Å²) in [6, 6.07) is -1.37. The van der Waals surface area contributed by atoms with Crippen molar-refractivity contribution in [3.63, 3.8) is 0 Å². The zero-order valence-electron chi connectivity index (χ0n) is 6.80. The fourth-order valence-electron chi connectivity index (χ4n) is 1.25. The van der Waals surface area contributed by atoms with Crippen molar-refractivity contribution in [2.24, 2.45) is 5.92 Å². The lowest BCUT2D eigenvalue weighted by Gasteiger charge is -2.42. The molecule has 1 atom stereocenters. The van der Waals surface area contributed by atoms with Gasteiger partial charge in [0.05, 0.1) is 0 Å². The third-order valence-corrected chi connectivity index (χ3v) is 2.27. The lowest BCUT2D eigenvalue weighted by Crippen LogP contribution is -2.56. The monoisotopic (exact) mass is 183 g/mol. The first-order valence-corrected chi connectivity index (χ1v) is 3.86. The Hall–Kier alpha value is -0.290. The third kappa shape index (κ3) is 1.90. The maximum atomic E-state index is 12.0. The fraction of sp³-hybridized carbons (Fsp3) is 1.00. The van der Waals surface area contributed by atoms with Gasteiger partial charge in [-0.3, -0.25) is 4.90 Å². The predicted octanol–water partition coefficient (Wildman–Crippen LogP) is 0.861. The van der Waals surface area contributed by atoms with E-state index < -0.39 is 12.2 Å². The highest BCUT2D eigenvalue weighted by Gasteiger charge is 2.44. The second-order valence-corrected chi connectivity index (χ2v) is 3.22. The maximum Gasteiger partial charge on any atom is 0.403 e. The van der Waals surface area contributed by atoms with Gasteiger partial charge in [0.15, 0.2) is 0 Å². The van der Waals surface area contributed by atoms with E-state index in [4.69, 9.17) is 5.11 Å². The Kier molecular flexibility index (Phi) is 2.63. The van der Waals surface area contributed by atoms with Crippen LogP contribution in [0.5, 0.6) is 0 Å². The molecule has 1 aliphatic heterocycles. The first kappa shape index (κ1) is 9.80. The van der Waals surface area contributed by atoms with Gasteiger partial charge >= 0.3 is 6.18 Å². The van der Waals surface area contributed by atoms with Crippen LogP contribution < -0.4 is 0 Å². The number of rotatable bonds is 2. The molecular formula is C7H12F3NO. The maximum absolute atomic E-state index is 12.0. The van der Waals surface area contributed by atoms with Crippen molar-refractivity contribution in [3.05, 3.63) is 0 Å². The minimum atomic E-state index is -4.14. The molecule has 0 bridgehead atoms. The van der Waals surface area contributed by atoms with Gasteiger partial charge in [-0.15, -0.1) is 0 Å². The van der Waals surface area contributed by atoms with E-state index in [0.717, 1.165) is 6.92 Å². The summed E-state index contributed by atoms with van der Waals surface area (Å²) in [7, 11) is 0.